The van der Waals surface area contributed by atoms with Crippen LogP contribution in [0, 0.1) is 6.92 Å². The lowest BCUT2D eigenvalue weighted by molar-refractivity contribution is -0.144. The first-order chi connectivity index (χ1) is 12.9. The Morgan fingerprint density at radius 1 is 1.07 bits per heavy atom. The van der Waals surface area contributed by atoms with Crippen LogP contribution in [0.15, 0.2) is 41.0 Å². The van der Waals surface area contributed by atoms with Crippen molar-refractivity contribution in [2.24, 2.45) is 0 Å². The number of pyridine rings is 1. The third-order valence-corrected chi connectivity index (χ3v) is 3.63. The highest BCUT2D eigenvalue weighted by Crippen LogP contribution is 2.41. The maximum Gasteiger partial charge on any atom is 0.421 e. The second kappa shape index (κ2) is 8.48. The Bertz CT molecular complexity index is 877. The summed E-state index contributed by atoms with van der Waals surface area (Å²) in [5.74, 6) is -0.669. The number of benzene rings is 1. The van der Waals surface area contributed by atoms with E-state index in [2.05, 4.69) is 4.98 Å². The van der Waals surface area contributed by atoms with Gasteiger partial charge in [-0.3, -0.25) is 0 Å². The molecule has 0 amide bonds. The molecule has 28 heavy (non-hydrogen) atoms. The first kappa shape index (κ1) is 22.2. The minimum Gasteiger partial charge on any atom is -0.489 e. The largest absolute Gasteiger partial charge is 0.489 e. The molecule has 0 spiro atoms. The first-order valence-corrected chi connectivity index (χ1v) is 8.20. The van der Waals surface area contributed by atoms with Crippen LogP contribution in [0.4, 0.5) is 26.3 Å². The molecule has 152 valence electrons. The van der Waals surface area contributed by atoms with Gasteiger partial charge in [-0.05, 0) is 42.8 Å². The van der Waals surface area contributed by atoms with Crippen LogP contribution in [0.1, 0.15) is 16.7 Å². The molecule has 2 rings (SSSR count). The fourth-order valence-electron chi connectivity index (χ4n) is 2.02. The van der Waals surface area contributed by atoms with Gasteiger partial charge in [0.1, 0.15) is 28.2 Å². The Morgan fingerprint density at radius 3 is 2.29 bits per heavy atom. The van der Waals surface area contributed by atoms with Gasteiger partial charge < -0.3 is 9.47 Å². The summed E-state index contributed by atoms with van der Waals surface area (Å²) in [5.41, 5.74) is -2.80. The van der Waals surface area contributed by atoms with E-state index in [1.807, 2.05) is 0 Å². The fraction of sp³-hybridized carbons (Fsp3) is 0.235. The number of hydrogen-bond acceptors (Lipinski definition) is 3. The van der Waals surface area contributed by atoms with E-state index in [4.69, 9.17) is 32.7 Å². The highest BCUT2D eigenvalue weighted by molar-refractivity contribution is 6.55. The van der Waals surface area contributed by atoms with Crippen molar-refractivity contribution in [2.45, 2.75) is 19.3 Å². The average Bonchev–Trinajstić information content (AvgIpc) is 2.55. The molecule has 0 unspecified atom stereocenters. The van der Waals surface area contributed by atoms with Crippen LogP contribution < -0.4 is 9.47 Å². The predicted octanol–water partition coefficient (Wildman–Crippen LogP) is 6.92. The zero-order chi connectivity index (χ0) is 21.1. The fourth-order valence-corrected chi connectivity index (χ4v) is 2.15. The zero-order valence-electron chi connectivity index (χ0n) is 14.0. The Balaban J connectivity index is 2.31. The van der Waals surface area contributed by atoms with Gasteiger partial charge >= 0.3 is 12.4 Å². The molecule has 0 aliphatic rings. The molecule has 2 aromatic rings. The summed E-state index contributed by atoms with van der Waals surface area (Å²) in [7, 11) is 0. The summed E-state index contributed by atoms with van der Waals surface area (Å²) in [6.07, 6.45) is -8.40. The average molecular weight is 446 g/mol. The lowest BCUT2D eigenvalue weighted by atomic mass is 10.1. The standard InChI is InChI=1S/C17H11Cl2F6NO2/c1-9-6-11(27-5-4-14(18)19)2-3-13(9)28-15-12(17(23,24)25)7-10(8-26-15)16(20,21)22/h2-4,6-8H,5H2,1H3. The molecule has 0 saturated heterocycles. The van der Waals surface area contributed by atoms with Gasteiger partial charge in [0.2, 0.25) is 5.88 Å². The number of rotatable bonds is 5. The van der Waals surface area contributed by atoms with E-state index in [0.717, 1.165) is 0 Å². The van der Waals surface area contributed by atoms with Crippen molar-refractivity contribution in [3.8, 4) is 17.4 Å². The summed E-state index contributed by atoms with van der Waals surface area (Å²) in [6, 6.07) is 4.12. The van der Waals surface area contributed by atoms with E-state index in [0.29, 0.717) is 11.3 Å². The third-order valence-electron chi connectivity index (χ3n) is 3.32. The summed E-state index contributed by atoms with van der Waals surface area (Å²) < 4.78 is 88.0. The minimum absolute atomic E-state index is 0.00438. The number of alkyl halides is 6. The van der Waals surface area contributed by atoms with Crippen molar-refractivity contribution < 1.29 is 35.8 Å². The van der Waals surface area contributed by atoms with Crippen LogP contribution in [-0.2, 0) is 12.4 Å². The quantitative estimate of drug-likeness (QED) is 0.468. The van der Waals surface area contributed by atoms with Crippen molar-refractivity contribution in [1.29, 1.82) is 0 Å². The number of aryl methyl sites for hydroxylation is 1. The van der Waals surface area contributed by atoms with Crippen LogP contribution >= 0.6 is 23.2 Å². The Kier molecular flexibility index (Phi) is 6.71. The molecule has 1 aromatic carbocycles. The maximum atomic E-state index is 13.2. The molecule has 0 bridgehead atoms. The lowest BCUT2D eigenvalue weighted by Crippen LogP contribution is -2.13. The van der Waals surface area contributed by atoms with Gasteiger partial charge in [0.15, 0.2) is 0 Å². The molecule has 3 nitrogen and oxygen atoms in total. The minimum atomic E-state index is -5.09. The van der Waals surface area contributed by atoms with Gasteiger partial charge in [-0.2, -0.15) is 26.3 Å². The van der Waals surface area contributed by atoms with Crippen molar-refractivity contribution in [1.82, 2.24) is 4.98 Å². The van der Waals surface area contributed by atoms with Gasteiger partial charge in [0.05, 0.1) is 5.56 Å². The molecule has 0 N–H and O–H groups in total. The molecule has 0 radical (unpaired) electrons. The van der Waals surface area contributed by atoms with Crippen molar-refractivity contribution in [3.63, 3.8) is 0 Å². The molecular weight excluding hydrogens is 435 g/mol. The van der Waals surface area contributed by atoms with E-state index in [9.17, 15) is 26.3 Å². The molecule has 0 atom stereocenters. The number of ether oxygens (including phenoxy) is 2. The van der Waals surface area contributed by atoms with Gasteiger partial charge in [0, 0.05) is 6.20 Å². The van der Waals surface area contributed by atoms with Crippen LogP contribution in [0.3, 0.4) is 0 Å². The number of halogens is 8. The maximum absolute atomic E-state index is 13.2. The second-order valence-corrected chi connectivity index (χ2v) is 6.41. The van der Waals surface area contributed by atoms with E-state index in [1.54, 1.807) is 0 Å². The zero-order valence-corrected chi connectivity index (χ0v) is 15.5. The molecule has 11 heteroatoms. The number of nitrogens with zero attached hydrogens (tertiary/aromatic N) is 1. The number of hydrogen-bond donors (Lipinski definition) is 0. The summed E-state index contributed by atoms with van der Waals surface area (Å²) in [4.78, 5) is 3.21. The number of aromatic nitrogens is 1. The van der Waals surface area contributed by atoms with Crippen LogP contribution in [0.25, 0.3) is 0 Å². The predicted molar refractivity (Wildman–Crippen MR) is 90.8 cm³/mol. The Hall–Kier alpha value is -2.13. The molecule has 0 aliphatic carbocycles. The van der Waals surface area contributed by atoms with E-state index < -0.39 is 29.4 Å². The summed E-state index contributed by atoms with van der Waals surface area (Å²) in [6.45, 7) is 1.57. The molecule has 1 aromatic heterocycles. The summed E-state index contributed by atoms with van der Waals surface area (Å²) >= 11 is 10.9. The highest BCUT2D eigenvalue weighted by atomic mass is 35.5. The Labute approximate surface area is 165 Å². The van der Waals surface area contributed by atoms with E-state index >= 15 is 0 Å². The topological polar surface area (TPSA) is 31.4 Å². The van der Waals surface area contributed by atoms with E-state index in [1.165, 1.54) is 31.2 Å². The monoisotopic (exact) mass is 445 g/mol. The van der Waals surface area contributed by atoms with Gasteiger partial charge in [-0.15, -0.1) is 0 Å². The SMILES string of the molecule is Cc1cc(OCC=C(Cl)Cl)ccc1Oc1ncc(C(F)(F)F)cc1C(F)(F)F. The molecule has 0 fully saturated rings. The van der Waals surface area contributed by atoms with E-state index in [-0.39, 0.29) is 29.1 Å². The van der Waals surface area contributed by atoms with Crippen LogP contribution in [-0.4, -0.2) is 11.6 Å². The Morgan fingerprint density at radius 2 is 1.75 bits per heavy atom. The van der Waals surface area contributed by atoms with Crippen molar-refractivity contribution >= 4 is 23.2 Å². The van der Waals surface area contributed by atoms with Gasteiger partial charge in [0.25, 0.3) is 0 Å². The lowest BCUT2D eigenvalue weighted by Gasteiger charge is -2.16. The van der Waals surface area contributed by atoms with Crippen molar-refractivity contribution in [2.75, 3.05) is 6.61 Å². The molecule has 0 saturated carbocycles. The van der Waals surface area contributed by atoms with Crippen molar-refractivity contribution in [3.05, 3.63) is 57.7 Å². The second-order valence-electron chi connectivity index (χ2n) is 5.41. The highest BCUT2D eigenvalue weighted by Gasteiger charge is 2.40. The smallest absolute Gasteiger partial charge is 0.421 e. The van der Waals surface area contributed by atoms with Crippen LogP contribution in [0.2, 0.25) is 0 Å². The van der Waals surface area contributed by atoms with Gasteiger partial charge in [-0.25, -0.2) is 4.98 Å². The molecule has 0 aliphatic heterocycles. The van der Waals surface area contributed by atoms with Crippen LogP contribution in [0.5, 0.6) is 17.4 Å². The first-order valence-electron chi connectivity index (χ1n) is 7.45. The molecule has 1 heterocycles. The third kappa shape index (κ3) is 5.93. The summed E-state index contributed by atoms with van der Waals surface area (Å²) in [5, 5.41) is 0. The van der Waals surface area contributed by atoms with Gasteiger partial charge in [-0.1, -0.05) is 23.2 Å². The normalized spacial score (nSPS) is 11.9. The molecular formula is C17H11Cl2F6NO2.